The maximum absolute atomic E-state index is 11.7. The van der Waals surface area contributed by atoms with Crippen LogP contribution in [0.1, 0.15) is 65.2 Å². The Balaban J connectivity index is 0.00000484. The van der Waals surface area contributed by atoms with E-state index in [1.54, 1.807) is 6.92 Å². The first-order valence-corrected chi connectivity index (χ1v) is 9.37. The quantitative estimate of drug-likeness (QED) is 0.613. The first-order chi connectivity index (χ1) is 9.78. The van der Waals surface area contributed by atoms with Gasteiger partial charge in [0.2, 0.25) is 0 Å². The molecule has 0 heterocycles. The van der Waals surface area contributed by atoms with Crippen LogP contribution in [0.5, 0.6) is 5.75 Å². The molecule has 23 heavy (non-hydrogen) atoms. The van der Waals surface area contributed by atoms with Crippen molar-refractivity contribution in [2.45, 2.75) is 65.9 Å². The standard InChI is InChI=1S/C17H29O4P.Ca/c1-8-22(19,20)21-11-12-9-13(16(2,3)4)15(18)14(10-12)17(5,6)7;/h9-10,18H,8,11H2,1-7H3,(H,19,20);. The SMILES string of the molecule is CCP(=O)(O)OCc1cc(C(C)(C)C)c(O)c(C(C)(C)C)c1.[Ca]. The molecular formula is C17H29CaO4P. The van der Waals surface area contributed by atoms with Gasteiger partial charge in [0.25, 0.3) is 0 Å². The van der Waals surface area contributed by atoms with Crippen LogP contribution in [0.3, 0.4) is 0 Å². The minimum absolute atomic E-state index is 0. The molecule has 0 aliphatic rings. The van der Waals surface area contributed by atoms with E-state index in [1.807, 2.05) is 53.7 Å². The number of hydrogen-bond donors (Lipinski definition) is 2. The predicted molar refractivity (Wildman–Crippen MR) is 96.4 cm³/mol. The molecule has 128 valence electrons. The molecule has 1 atom stereocenters. The van der Waals surface area contributed by atoms with E-state index in [0.29, 0.717) is 5.75 Å². The molecular weight excluding hydrogens is 339 g/mol. The molecule has 0 spiro atoms. The van der Waals surface area contributed by atoms with Crippen LogP contribution in [0.25, 0.3) is 0 Å². The van der Waals surface area contributed by atoms with Crippen molar-refractivity contribution in [1.82, 2.24) is 0 Å². The van der Waals surface area contributed by atoms with Gasteiger partial charge < -0.3 is 14.5 Å². The van der Waals surface area contributed by atoms with Gasteiger partial charge >= 0.3 is 7.60 Å². The summed E-state index contributed by atoms with van der Waals surface area (Å²) in [5, 5.41) is 10.6. The van der Waals surface area contributed by atoms with Crippen molar-refractivity contribution in [1.29, 1.82) is 0 Å². The Morgan fingerprint density at radius 3 is 1.74 bits per heavy atom. The second-order valence-electron chi connectivity index (χ2n) is 7.77. The van der Waals surface area contributed by atoms with Crippen LogP contribution in [0, 0.1) is 0 Å². The van der Waals surface area contributed by atoms with E-state index in [0.717, 1.165) is 16.7 Å². The average Bonchev–Trinajstić information content (AvgIpc) is 2.34. The Labute approximate surface area is 170 Å². The van der Waals surface area contributed by atoms with Crippen molar-refractivity contribution in [3.05, 3.63) is 28.8 Å². The normalized spacial score (nSPS) is 15.0. The molecule has 0 bridgehead atoms. The largest absolute Gasteiger partial charge is 0.507 e. The first kappa shape index (κ1) is 23.4. The molecule has 0 aromatic heterocycles. The zero-order valence-electron chi connectivity index (χ0n) is 15.4. The van der Waals surface area contributed by atoms with Gasteiger partial charge in [-0.2, -0.15) is 0 Å². The third-order valence-corrected chi connectivity index (χ3v) is 4.95. The molecule has 0 aliphatic heterocycles. The monoisotopic (exact) mass is 368 g/mol. The van der Waals surface area contributed by atoms with E-state index in [1.165, 1.54) is 0 Å². The van der Waals surface area contributed by atoms with Crippen LogP contribution in [0.2, 0.25) is 0 Å². The van der Waals surface area contributed by atoms with Crippen LogP contribution >= 0.6 is 7.60 Å². The summed E-state index contributed by atoms with van der Waals surface area (Å²) in [7, 11) is -3.52. The molecule has 4 nitrogen and oxygen atoms in total. The molecule has 1 unspecified atom stereocenters. The van der Waals surface area contributed by atoms with Crippen LogP contribution in [-0.2, 0) is 26.5 Å². The third-order valence-electron chi connectivity index (χ3n) is 3.62. The van der Waals surface area contributed by atoms with Crippen molar-refractivity contribution in [2.24, 2.45) is 0 Å². The Hall–Kier alpha value is 0.430. The number of rotatable bonds is 4. The van der Waals surface area contributed by atoms with Gasteiger partial charge in [-0.15, -0.1) is 0 Å². The topological polar surface area (TPSA) is 66.8 Å². The summed E-state index contributed by atoms with van der Waals surface area (Å²) in [6.45, 7) is 13.9. The van der Waals surface area contributed by atoms with Gasteiger partial charge in [0.15, 0.2) is 0 Å². The molecule has 2 radical (unpaired) electrons. The summed E-state index contributed by atoms with van der Waals surface area (Å²) in [6.07, 6.45) is 0.0866. The Kier molecular flexibility index (Phi) is 8.36. The van der Waals surface area contributed by atoms with Crippen molar-refractivity contribution in [3.8, 4) is 5.75 Å². The summed E-state index contributed by atoms with van der Waals surface area (Å²) in [6, 6.07) is 3.72. The fourth-order valence-electron chi connectivity index (χ4n) is 2.19. The van der Waals surface area contributed by atoms with E-state index in [4.69, 9.17) is 4.52 Å². The smallest absolute Gasteiger partial charge is 0.328 e. The molecule has 0 saturated heterocycles. The zero-order chi connectivity index (χ0) is 17.3. The van der Waals surface area contributed by atoms with Gasteiger partial charge in [0.05, 0.1) is 6.61 Å². The van der Waals surface area contributed by atoms with E-state index < -0.39 is 7.60 Å². The maximum atomic E-state index is 11.7. The molecule has 1 rings (SSSR count). The zero-order valence-corrected chi connectivity index (χ0v) is 18.5. The van der Waals surface area contributed by atoms with E-state index in [9.17, 15) is 14.6 Å². The molecule has 1 aromatic carbocycles. The van der Waals surface area contributed by atoms with Crippen molar-refractivity contribution in [2.75, 3.05) is 6.16 Å². The average molecular weight is 368 g/mol. The van der Waals surface area contributed by atoms with Crippen molar-refractivity contribution in [3.63, 3.8) is 0 Å². The van der Waals surface area contributed by atoms with Gasteiger partial charge in [0, 0.05) is 43.9 Å². The minimum atomic E-state index is -3.52. The summed E-state index contributed by atoms with van der Waals surface area (Å²) in [4.78, 5) is 9.58. The van der Waals surface area contributed by atoms with Gasteiger partial charge in [-0.05, 0) is 39.7 Å². The second-order valence-corrected chi connectivity index (χ2v) is 9.93. The summed E-state index contributed by atoms with van der Waals surface area (Å²) >= 11 is 0. The van der Waals surface area contributed by atoms with Gasteiger partial charge in [-0.25, -0.2) is 0 Å². The molecule has 0 amide bonds. The molecule has 0 aliphatic carbocycles. The van der Waals surface area contributed by atoms with Crippen molar-refractivity contribution >= 4 is 45.3 Å². The first-order valence-electron chi connectivity index (χ1n) is 7.61. The molecule has 1 aromatic rings. The van der Waals surface area contributed by atoms with Gasteiger partial charge in [-0.1, -0.05) is 48.5 Å². The summed E-state index contributed by atoms with van der Waals surface area (Å²) in [5.41, 5.74) is 1.99. The van der Waals surface area contributed by atoms with Gasteiger partial charge in [0.1, 0.15) is 5.75 Å². The minimum Gasteiger partial charge on any atom is -0.507 e. The molecule has 6 heteroatoms. The third kappa shape index (κ3) is 6.68. The number of phenolic OH excluding ortho intramolecular Hbond substituents is 1. The number of phenols is 1. The Morgan fingerprint density at radius 1 is 1.04 bits per heavy atom. The molecule has 2 N–H and O–H groups in total. The van der Waals surface area contributed by atoms with Crippen molar-refractivity contribution < 1.29 is 19.1 Å². The number of aromatic hydroxyl groups is 1. The summed E-state index contributed by atoms with van der Waals surface area (Å²) < 4.78 is 16.8. The van der Waals surface area contributed by atoms with Crippen LogP contribution in [0.4, 0.5) is 0 Å². The molecule has 0 saturated carbocycles. The Bertz CT molecular complexity index is 550. The maximum Gasteiger partial charge on any atom is 0.328 e. The fraction of sp³-hybridized carbons (Fsp3) is 0.647. The van der Waals surface area contributed by atoms with E-state index >= 15 is 0 Å². The van der Waals surface area contributed by atoms with E-state index in [2.05, 4.69) is 0 Å². The van der Waals surface area contributed by atoms with Crippen LogP contribution < -0.4 is 0 Å². The van der Waals surface area contributed by atoms with Crippen LogP contribution in [-0.4, -0.2) is 53.9 Å². The van der Waals surface area contributed by atoms with Gasteiger partial charge in [-0.3, -0.25) is 4.57 Å². The fourth-order valence-corrected chi connectivity index (χ4v) is 2.72. The van der Waals surface area contributed by atoms with Crippen LogP contribution in [0.15, 0.2) is 12.1 Å². The predicted octanol–water partition coefficient (Wildman–Crippen LogP) is 4.33. The van der Waals surface area contributed by atoms with E-state index in [-0.39, 0.29) is 61.3 Å². The Morgan fingerprint density at radius 2 is 1.43 bits per heavy atom. The number of benzene rings is 1. The molecule has 0 fully saturated rings. The number of hydrogen-bond acceptors (Lipinski definition) is 3. The summed E-state index contributed by atoms with van der Waals surface area (Å²) in [5.74, 6) is 0.298. The second kappa shape index (κ2) is 8.21.